The lowest BCUT2D eigenvalue weighted by molar-refractivity contribution is -0.131. The summed E-state index contributed by atoms with van der Waals surface area (Å²) in [5.41, 5.74) is 3.50. The van der Waals surface area contributed by atoms with Crippen molar-refractivity contribution >= 4 is 21.6 Å². The van der Waals surface area contributed by atoms with Gasteiger partial charge in [0, 0.05) is 18.1 Å². The molecule has 0 saturated carbocycles. The van der Waals surface area contributed by atoms with E-state index in [0.717, 1.165) is 47.1 Å². The molecule has 2 aromatic rings. The fourth-order valence-electron chi connectivity index (χ4n) is 3.70. The summed E-state index contributed by atoms with van der Waals surface area (Å²) in [6.07, 6.45) is 3.01. The van der Waals surface area contributed by atoms with Crippen molar-refractivity contribution in [1.82, 2.24) is 4.90 Å². The summed E-state index contributed by atoms with van der Waals surface area (Å²) < 4.78 is 31.4. The number of fused-ring (bicyclic) bond motifs is 1. The molecular formula is C22H26N2O4S. The number of nitrogens with zero attached hydrogens (tertiary/aromatic N) is 1. The first-order valence-corrected chi connectivity index (χ1v) is 11.0. The van der Waals surface area contributed by atoms with E-state index in [2.05, 4.69) is 11.3 Å². The number of amides is 1. The zero-order valence-corrected chi connectivity index (χ0v) is 17.5. The van der Waals surface area contributed by atoms with Crippen molar-refractivity contribution in [2.75, 3.05) is 18.9 Å². The van der Waals surface area contributed by atoms with E-state index in [1.165, 1.54) is 0 Å². The number of likely N-dealkylation sites (N-methyl/N-ethyl adjacent to an activating group) is 1. The van der Waals surface area contributed by atoms with Gasteiger partial charge in [-0.15, -0.1) is 0 Å². The Bertz CT molecular complexity index is 1020. The maximum atomic E-state index is 12.9. The summed E-state index contributed by atoms with van der Waals surface area (Å²) in [5, 5.41) is 0.883. The highest BCUT2D eigenvalue weighted by Gasteiger charge is 2.27. The van der Waals surface area contributed by atoms with Crippen LogP contribution < -0.4 is 9.46 Å². The Morgan fingerprint density at radius 2 is 2.10 bits per heavy atom. The zero-order chi connectivity index (χ0) is 21.0. The van der Waals surface area contributed by atoms with E-state index in [1.54, 1.807) is 18.1 Å². The van der Waals surface area contributed by atoms with Gasteiger partial charge in [0.05, 0.1) is 19.6 Å². The molecule has 7 heteroatoms. The first kappa shape index (κ1) is 20.9. The predicted octanol–water partition coefficient (Wildman–Crippen LogP) is 3.66. The smallest absolute Gasteiger partial charge is 0.254 e. The molecule has 1 amide bonds. The largest absolute Gasteiger partial charge is 0.497 e. The highest BCUT2D eigenvalue weighted by molar-refractivity contribution is 7.95. The molecule has 154 valence electrons. The number of methoxy groups -OCH3 is 1. The number of aryl methyl sites for hydroxylation is 1. The Morgan fingerprint density at radius 1 is 1.31 bits per heavy atom. The third-order valence-corrected chi connectivity index (χ3v) is 6.22. The van der Waals surface area contributed by atoms with Crippen LogP contribution in [0.2, 0.25) is 0 Å². The Hall–Kier alpha value is -2.80. The maximum Gasteiger partial charge on any atom is 0.254 e. The Morgan fingerprint density at radius 3 is 2.83 bits per heavy atom. The van der Waals surface area contributed by atoms with Crippen LogP contribution in [0, 0.1) is 0 Å². The fraction of sp³-hybridized carbons (Fsp3) is 0.318. The van der Waals surface area contributed by atoms with Gasteiger partial charge in [0.25, 0.3) is 10.0 Å². The first-order valence-electron chi connectivity index (χ1n) is 9.49. The lowest BCUT2D eigenvalue weighted by Gasteiger charge is -2.34. The predicted molar refractivity (Wildman–Crippen MR) is 114 cm³/mol. The van der Waals surface area contributed by atoms with Crippen molar-refractivity contribution in [3.8, 4) is 5.75 Å². The minimum atomic E-state index is -3.58. The van der Waals surface area contributed by atoms with E-state index in [1.807, 2.05) is 43.4 Å². The van der Waals surface area contributed by atoms with Crippen LogP contribution in [-0.2, 0) is 27.7 Å². The van der Waals surface area contributed by atoms with Gasteiger partial charge in [0.1, 0.15) is 5.75 Å². The molecule has 1 aliphatic carbocycles. The number of rotatable bonds is 7. The van der Waals surface area contributed by atoms with Gasteiger partial charge in [-0.1, -0.05) is 24.8 Å². The van der Waals surface area contributed by atoms with Crippen molar-refractivity contribution in [2.45, 2.75) is 31.7 Å². The van der Waals surface area contributed by atoms with Crippen LogP contribution in [0.1, 0.15) is 35.6 Å². The monoisotopic (exact) mass is 414 g/mol. The van der Waals surface area contributed by atoms with Gasteiger partial charge in [0.2, 0.25) is 5.91 Å². The van der Waals surface area contributed by atoms with Crippen LogP contribution >= 0.6 is 0 Å². The molecule has 1 N–H and O–H groups in total. The van der Waals surface area contributed by atoms with Crippen LogP contribution in [0.15, 0.2) is 54.5 Å². The van der Waals surface area contributed by atoms with E-state index in [9.17, 15) is 13.2 Å². The number of sulfonamides is 1. The fourth-order valence-corrected chi connectivity index (χ4v) is 4.24. The Labute approximate surface area is 172 Å². The van der Waals surface area contributed by atoms with Gasteiger partial charge in [-0.3, -0.25) is 9.52 Å². The van der Waals surface area contributed by atoms with Crippen LogP contribution in [0.25, 0.3) is 0 Å². The maximum absolute atomic E-state index is 12.9. The summed E-state index contributed by atoms with van der Waals surface area (Å²) in [5.74, 6) is 0.730. The second-order valence-corrected chi connectivity index (χ2v) is 8.80. The lowest BCUT2D eigenvalue weighted by atomic mass is 9.86. The Balaban J connectivity index is 1.82. The van der Waals surface area contributed by atoms with Crippen molar-refractivity contribution in [3.05, 3.63) is 71.1 Å². The van der Waals surface area contributed by atoms with Crippen LogP contribution in [0.4, 0.5) is 5.69 Å². The van der Waals surface area contributed by atoms with Crippen LogP contribution in [0.5, 0.6) is 5.75 Å². The second-order valence-electron chi connectivity index (χ2n) is 7.17. The first-order chi connectivity index (χ1) is 13.8. The second kappa shape index (κ2) is 8.69. The summed E-state index contributed by atoms with van der Waals surface area (Å²) in [6, 6.07) is 12.9. The summed E-state index contributed by atoms with van der Waals surface area (Å²) in [6.45, 7) is 3.32. The van der Waals surface area contributed by atoms with Gasteiger partial charge in [-0.2, -0.15) is 0 Å². The van der Waals surface area contributed by atoms with Crippen molar-refractivity contribution in [3.63, 3.8) is 0 Å². The average molecular weight is 415 g/mol. The quantitative estimate of drug-likeness (QED) is 0.750. The highest BCUT2D eigenvalue weighted by Crippen LogP contribution is 2.35. The van der Waals surface area contributed by atoms with E-state index < -0.39 is 10.0 Å². The number of carbonyl (C=O) groups is 1. The number of carbonyl (C=O) groups excluding carboxylic acids is 1. The normalized spacial score (nSPS) is 15.9. The van der Waals surface area contributed by atoms with Crippen molar-refractivity contribution in [1.29, 1.82) is 0 Å². The molecule has 0 heterocycles. The standard InChI is InChI=1S/C22H26N2O4S/c1-4-29(26,27)23-18-12-11-17-8-6-10-21(20(17)15-18)24(2)22(25)14-16-7-5-9-19(13-16)28-3/h4-5,7,9,11-13,15,21,23H,1,6,8,10,14H2,2-3H3. The molecule has 0 fully saturated rings. The topological polar surface area (TPSA) is 75.7 Å². The molecular weight excluding hydrogens is 388 g/mol. The number of anilines is 1. The summed E-state index contributed by atoms with van der Waals surface area (Å²) in [4.78, 5) is 14.7. The zero-order valence-electron chi connectivity index (χ0n) is 16.7. The molecule has 0 bridgehead atoms. The number of benzene rings is 2. The minimum Gasteiger partial charge on any atom is -0.497 e. The van der Waals surface area contributed by atoms with Gasteiger partial charge in [0.15, 0.2) is 0 Å². The molecule has 1 unspecified atom stereocenters. The van der Waals surface area contributed by atoms with Crippen LogP contribution in [-0.4, -0.2) is 33.4 Å². The molecule has 3 rings (SSSR count). The van der Waals surface area contributed by atoms with Gasteiger partial charge in [-0.25, -0.2) is 8.42 Å². The molecule has 6 nitrogen and oxygen atoms in total. The van der Waals surface area contributed by atoms with E-state index in [4.69, 9.17) is 4.74 Å². The number of nitrogens with one attached hydrogen (secondary N) is 1. The van der Waals surface area contributed by atoms with Crippen molar-refractivity contribution in [2.24, 2.45) is 0 Å². The van der Waals surface area contributed by atoms with Crippen LogP contribution in [0.3, 0.4) is 0 Å². The van der Waals surface area contributed by atoms with E-state index >= 15 is 0 Å². The van der Waals surface area contributed by atoms with Gasteiger partial charge in [-0.05, 0) is 60.2 Å². The molecule has 0 aliphatic heterocycles. The van der Waals surface area contributed by atoms with Crippen molar-refractivity contribution < 1.29 is 17.9 Å². The van der Waals surface area contributed by atoms with Gasteiger partial charge >= 0.3 is 0 Å². The molecule has 2 aromatic carbocycles. The SMILES string of the molecule is C=CS(=O)(=O)Nc1ccc2c(c1)C(N(C)C(=O)Cc1cccc(OC)c1)CCC2. The summed E-state index contributed by atoms with van der Waals surface area (Å²) in [7, 11) is -0.169. The summed E-state index contributed by atoms with van der Waals surface area (Å²) >= 11 is 0. The lowest BCUT2D eigenvalue weighted by Crippen LogP contribution is -2.34. The minimum absolute atomic E-state index is 0.00757. The number of hydrogen-bond acceptors (Lipinski definition) is 4. The molecule has 0 aromatic heterocycles. The number of ether oxygens (including phenoxy) is 1. The molecule has 0 spiro atoms. The molecule has 0 radical (unpaired) electrons. The molecule has 29 heavy (non-hydrogen) atoms. The number of hydrogen-bond donors (Lipinski definition) is 1. The molecule has 1 aliphatic rings. The molecule has 0 saturated heterocycles. The van der Waals surface area contributed by atoms with E-state index in [0.29, 0.717) is 5.69 Å². The Kier molecular flexibility index (Phi) is 6.27. The third kappa shape index (κ3) is 4.98. The average Bonchev–Trinajstić information content (AvgIpc) is 2.72. The molecule has 1 atom stereocenters. The van der Waals surface area contributed by atoms with E-state index in [-0.39, 0.29) is 18.4 Å². The van der Waals surface area contributed by atoms with Gasteiger partial charge < -0.3 is 9.64 Å². The third-order valence-electron chi connectivity index (χ3n) is 5.26. The highest BCUT2D eigenvalue weighted by atomic mass is 32.2.